The van der Waals surface area contributed by atoms with Gasteiger partial charge < -0.3 is 9.47 Å². The summed E-state index contributed by atoms with van der Waals surface area (Å²) in [5.74, 6) is -0.803. The number of nitrogens with zero attached hydrogens (tertiary/aromatic N) is 3. The van der Waals surface area contributed by atoms with Crippen molar-refractivity contribution >= 4 is 38.4 Å². The predicted molar refractivity (Wildman–Crippen MR) is 106 cm³/mol. The van der Waals surface area contributed by atoms with Gasteiger partial charge in [0.1, 0.15) is 23.9 Å². The molecule has 0 spiro atoms. The minimum atomic E-state index is -3.34. The number of halogens is 2. The van der Waals surface area contributed by atoms with E-state index >= 15 is 0 Å². The van der Waals surface area contributed by atoms with Gasteiger partial charge in [0.15, 0.2) is 9.84 Å². The molecule has 1 aromatic heterocycles. The maximum Gasteiger partial charge on any atom is 0.242 e. The van der Waals surface area contributed by atoms with E-state index in [0.29, 0.717) is 11.0 Å². The van der Waals surface area contributed by atoms with Gasteiger partial charge in [-0.05, 0) is 24.3 Å². The van der Waals surface area contributed by atoms with E-state index in [1.807, 2.05) is 0 Å². The van der Waals surface area contributed by atoms with Crippen molar-refractivity contribution in [1.82, 2.24) is 14.5 Å². The average molecular weight is 424 g/mol. The first-order chi connectivity index (χ1) is 13.2. The van der Waals surface area contributed by atoms with Crippen molar-refractivity contribution in [1.29, 1.82) is 0 Å². The van der Waals surface area contributed by atoms with Crippen molar-refractivity contribution in [3.8, 4) is 0 Å². The maximum atomic E-state index is 14.0. The van der Waals surface area contributed by atoms with Crippen molar-refractivity contribution < 1.29 is 17.6 Å². The van der Waals surface area contributed by atoms with Crippen LogP contribution in [0.5, 0.6) is 0 Å². The fraction of sp³-hybridized carbons (Fsp3) is 0.263. The monoisotopic (exact) mass is 423 g/mol. The van der Waals surface area contributed by atoms with E-state index in [1.54, 1.807) is 41.9 Å². The molecule has 0 saturated carbocycles. The normalized spacial score (nSPS) is 11.7. The highest BCUT2D eigenvalue weighted by Gasteiger charge is 2.20. The number of para-hydroxylation sites is 2. The highest BCUT2D eigenvalue weighted by molar-refractivity contribution is 7.89. The molecule has 9 heteroatoms. The van der Waals surface area contributed by atoms with Crippen molar-refractivity contribution in [3.05, 3.63) is 64.7 Å². The third-order valence-electron chi connectivity index (χ3n) is 4.30. The molecule has 0 unspecified atom stereocenters. The lowest BCUT2D eigenvalue weighted by Crippen LogP contribution is -2.31. The summed E-state index contributed by atoms with van der Waals surface area (Å²) in [6, 6.07) is 11.5. The summed E-state index contributed by atoms with van der Waals surface area (Å²) < 4.78 is 39.1. The molecular formula is C19H19ClFN3O3S. The topological polar surface area (TPSA) is 72.3 Å². The van der Waals surface area contributed by atoms with Crippen LogP contribution in [0.2, 0.25) is 5.02 Å². The van der Waals surface area contributed by atoms with E-state index in [1.165, 1.54) is 17.0 Å². The first-order valence-corrected chi connectivity index (χ1v) is 10.9. The Morgan fingerprint density at radius 1 is 1.21 bits per heavy atom. The number of aromatic nitrogens is 2. The van der Waals surface area contributed by atoms with Crippen LogP contribution in [0.15, 0.2) is 42.5 Å². The summed E-state index contributed by atoms with van der Waals surface area (Å²) in [4.78, 5) is 18.5. The Labute approximate surface area is 167 Å². The number of rotatable bonds is 6. The molecule has 0 N–H and O–H groups in total. The second-order valence-corrected chi connectivity index (χ2v) is 9.17. The standard InChI is InChI=1S/C19H19ClFN3O3S/c1-23(10-13-14(20)6-5-7-15(13)21)19(25)11-24-17-9-4-3-8-16(17)22-18(24)12-28(2,26)27/h3-9H,10-12H2,1-2H3. The fourth-order valence-electron chi connectivity index (χ4n) is 2.91. The Bertz CT molecular complexity index is 1120. The molecule has 0 radical (unpaired) electrons. The average Bonchev–Trinajstić information content (AvgIpc) is 2.93. The number of sulfone groups is 1. The number of benzene rings is 2. The van der Waals surface area contributed by atoms with Crippen LogP contribution in [0.25, 0.3) is 11.0 Å². The van der Waals surface area contributed by atoms with Crippen LogP contribution in [0.1, 0.15) is 11.4 Å². The molecule has 148 valence electrons. The maximum absolute atomic E-state index is 14.0. The lowest BCUT2D eigenvalue weighted by Gasteiger charge is -2.19. The molecule has 28 heavy (non-hydrogen) atoms. The summed E-state index contributed by atoms with van der Waals surface area (Å²) in [5.41, 5.74) is 1.49. The van der Waals surface area contributed by atoms with E-state index < -0.39 is 15.7 Å². The number of hydrogen-bond donors (Lipinski definition) is 0. The summed E-state index contributed by atoms with van der Waals surface area (Å²) >= 11 is 6.04. The van der Waals surface area contributed by atoms with Gasteiger partial charge in [-0.3, -0.25) is 4.79 Å². The molecule has 0 bridgehead atoms. The molecule has 3 rings (SSSR count). The van der Waals surface area contributed by atoms with Crippen LogP contribution >= 0.6 is 11.6 Å². The van der Waals surface area contributed by atoms with Crippen LogP contribution in [0.3, 0.4) is 0 Å². The molecule has 0 atom stereocenters. The summed E-state index contributed by atoms with van der Waals surface area (Å²) in [6.07, 6.45) is 1.12. The predicted octanol–water partition coefficient (Wildman–Crippen LogP) is 3.03. The first kappa shape index (κ1) is 20.3. The second-order valence-electron chi connectivity index (χ2n) is 6.62. The van der Waals surface area contributed by atoms with Crippen molar-refractivity contribution in [2.75, 3.05) is 13.3 Å². The van der Waals surface area contributed by atoms with E-state index in [-0.39, 0.29) is 41.2 Å². The van der Waals surface area contributed by atoms with Crippen LogP contribution in [0, 0.1) is 5.82 Å². The molecule has 1 amide bonds. The molecule has 0 fully saturated rings. The Hall–Kier alpha value is -2.45. The van der Waals surface area contributed by atoms with Gasteiger partial charge in [-0.1, -0.05) is 29.8 Å². The molecule has 3 aromatic rings. The SMILES string of the molecule is CN(Cc1c(F)cccc1Cl)C(=O)Cn1c(CS(C)(=O)=O)nc2ccccc21. The molecule has 2 aromatic carbocycles. The zero-order chi connectivity index (χ0) is 20.5. The molecule has 6 nitrogen and oxygen atoms in total. The third-order valence-corrected chi connectivity index (χ3v) is 5.44. The number of carbonyl (C=O) groups is 1. The number of fused-ring (bicyclic) bond motifs is 1. The summed E-state index contributed by atoms with van der Waals surface area (Å²) in [7, 11) is -1.80. The van der Waals surface area contributed by atoms with Crippen LogP contribution < -0.4 is 0 Å². The summed E-state index contributed by atoms with van der Waals surface area (Å²) in [5, 5.41) is 0.241. The highest BCUT2D eigenvalue weighted by Crippen LogP contribution is 2.21. The quantitative estimate of drug-likeness (QED) is 0.611. The minimum absolute atomic E-state index is 0.00161. The van der Waals surface area contributed by atoms with Gasteiger partial charge in [-0.2, -0.15) is 0 Å². The Morgan fingerprint density at radius 2 is 1.93 bits per heavy atom. The summed E-state index contributed by atoms with van der Waals surface area (Å²) in [6.45, 7) is -0.119. The lowest BCUT2D eigenvalue weighted by molar-refractivity contribution is -0.131. The molecule has 0 aliphatic carbocycles. The number of imidazole rings is 1. The van der Waals surface area contributed by atoms with Crippen molar-refractivity contribution in [2.24, 2.45) is 0 Å². The minimum Gasteiger partial charge on any atom is -0.340 e. The van der Waals surface area contributed by atoms with Gasteiger partial charge >= 0.3 is 0 Å². The van der Waals surface area contributed by atoms with E-state index in [2.05, 4.69) is 4.98 Å². The lowest BCUT2D eigenvalue weighted by atomic mass is 10.2. The number of hydrogen-bond acceptors (Lipinski definition) is 4. The van der Waals surface area contributed by atoms with Crippen molar-refractivity contribution in [2.45, 2.75) is 18.8 Å². The highest BCUT2D eigenvalue weighted by atomic mass is 35.5. The van der Waals surface area contributed by atoms with E-state index in [9.17, 15) is 17.6 Å². The Morgan fingerprint density at radius 3 is 2.61 bits per heavy atom. The van der Waals surface area contributed by atoms with E-state index in [0.717, 1.165) is 6.26 Å². The molecule has 0 saturated heterocycles. The molecule has 1 heterocycles. The molecule has 0 aliphatic heterocycles. The fourth-order valence-corrected chi connectivity index (χ4v) is 3.82. The first-order valence-electron chi connectivity index (χ1n) is 8.44. The van der Waals surface area contributed by atoms with Gasteiger partial charge in [0.2, 0.25) is 5.91 Å². The Kier molecular flexibility index (Phi) is 5.71. The zero-order valence-electron chi connectivity index (χ0n) is 15.4. The smallest absolute Gasteiger partial charge is 0.242 e. The number of likely N-dealkylation sites (N-methyl/N-ethyl adjacent to an activating group) is 1. The van der Waals surface area contributed by atoms with Gasteiger partial charge in [-0.15, -0.1) is 0 Å². The second kappa shape index (κ2) is 7.89. The third kappa shape index (κ3) is 4.51. The van der Waals surface area contributed by atoms with Crippen molar-refractivity contribution in [3.63, 3.8) is 0 Å². The largest absolute Gasteiger partial charge is 0.340 e. The van der Waals surface area contributed by atoms with Crippen LogP contribution in [0.4, 0.5) is 4.39 Å². The zero-order valence-corrected chi connectivity index (χ0v) is 17.0. The van der Waals surface area contributed by atoms with Crippen LogP contribution in [-0.4, -0.2) is 42.1 Å². The van der Waals surface area contributed by atoms with Gasteiger partial charge in [-0.25, -0.2) is 17.8 Å². The number of carbonyl (C=O) groups excluding carboxylic acids is 1. The van der Waals surface area contributed by atoms with Gasteiger partial charge in [0.25, 0.3) is 0 Å². The molecular weight excluding hydrogens is 405 g/mol. The Balaban J connectivity index is 1.89. The number of amides is 1. The molecule has 0 aliphatic rings. The van der Waals surface area contributed by atoms with Gasteiger partial charge in [0, 0.05) is 30.4 Å². The van der Waals surface area contributed by atoms with E-state index in [4.69, 9.17) is 11.6 Å². The van der Waals surface area contributed by atoms with Crippen LogP contribution in [-0.2, 0) is 33.5 Å². The van der Waals surface area contributed by atoms with Gasteiger partial charge in [0.05, 0.1) is 11.0 Å².